The summed E-state index contributed by atoms with van der Waals surface area (Å²) >= 11 is 0. The number of hydrogen-bond donors (Lipinski definition) is 1. The van der Waals surface area contributed by atoms with E-state index in [0.29, 0.717) is 38.4 Å². The van der Waals surface area contributed by atoms with Gasteiger partial charge in [-0.05, 0) is 19.3 Å². The van der Waals surface area contributed by atoms with Crippen LogP contribution in [0.4, 0.5) is 0 Å². The van der Waals surface area contributed by atoms with Crippen LogP contribution >= 0.6 is 0 Å². The Morgan fingerprint density at radius 3 is 2.57 bits per heavy atom. The van der Waals surface area contributed by atoms with Crippen LogP contribution in [0.1, 0.15) is 40.0 Å². The lowest BCUT2D eigenvalue weighted by Crippen LogP contribution is -2.17. The molecule has 0 amide bonds. The van der Waals surface area contributed by atoms with Gasteiger partial charge in [0.25, 0.3) is 0 Å². The molecule has 0 rings (SSSR count). The molecule has 0 spiro atoms. The summed E-state index contributed by atoms with van der Waals surface area (Å²) in [6, 6.07) is 0. The Morgan fingerprint density at radius 1 is 1.43 bits per heavy atom. The van der Waals surface area contributed by atoms with Gasteiger partial charge in [0.2, 0.25) is 0 Å². The fourth-order valence-corrected chi connectivity index (χ4v) is 1.22. The Kier molecular flexibility index (Phi) is 7.71. The van der Waals surface area contributed by atoms with E-state index in [9.17, 15) is 9.90 Å². The van der Waals surface area contributed by atoms with Crippen LogP contribution in [0.2, 0.25) is 0 Å². The molecule has 84 valence electrons. The second kappa shape index (κ2) is 7.94. The fraction of sp³-hybridized carbons (Fsp3) is 0.909. The third-order valence-corrected chi connectivity index (χ3v) is 1.91. The van der Waals surface area contributed by atoms with E-state index in [-0.39, 0.29) is 5.78 Å². The normalized spacial score (nSPS) is 13.2. The second-order valence-electron chi connectivity index (χ2n) is 3.99. The lowest BCUT2D eigenvalue weighted by Gasteiger charge is -2.10. The van der Waals surface area contributed by atoms with E-state index in [2.05, 4.69) is 0 Å². The molecule has 3 heteroatoms. The average Bonchev–Trinajstić information content (AvgIpc) is 2.10. The van der Waals surface area contributed by atoms with Crippen molar-refractivity contribution in [3.63, 3.8) is 0 Å². The van der Waals surface area contributed by atoms with Crippen molar-refractivity contribution in [2.24, 2.45) is 5.92 Å². The van der Waals surface area contributed by atoms with E-state index in [1.54, 1.807) is 0 Å². The smallest absolute Gasteiger partial charge is 0.133 e. The van der Waals surface area contributed by atoms with Gasteiger partial charge in [0.05, 0.1) is 12.7 Å². The highest BCUT2D eigenvalue weighted by Gasteiger charge is 2.09. The van der Waals surface area contributed by atoms with Crippen molar-refractivity contribution in [1.82, 2.24) is 0 Å². The molecule has 1 N–H and O–H groups in total. The van der Waals surface area contributed by atoms with Gasteiger partial charge >= 0.3 is 0 Å². The van der Waals surface area contributed by atoms with Gasteiger partial charge in [0.15, 0.2) is 0 Å². The number of aliphatic hydroxyl groups is 1. The zero-order chi connectivity index (χ0) is 11.0. The number of ether oxygens (including phenoxy) is 1. The van der Waals surface area contributed by atoms with Crippen LogP contribution in [0.5, 0.6) is 0 Å². The Bertz CT molecular complexity index is 155. The molecular weight excluding hydrogens is 180 g/mol. The molecule has 0 bridgehead atoms. The number of ketones is 1. The van der Waals surface area contributed by atoms with Gasteiger partial charge in [-0.15, -0.1) is 0 Å². The number of aliphatic hydroxyl groups excluding tert-OH is 1. The molecular formula is C11H22O3. The number of rotatable bonds is 8. The van der Waals surface area contributed by atoms with Crippen LogP contribution < -0.4 is 0 Å². The highest BCUT2D eigenvalue weighted by atomic mass is 16.5. The minimum Gasteiger partial charge on any atom is -0.391 e. The van der Waals surface area contributed by atoms with E-state index in [0.717, 1.165) is 0 Å². The Balaban J connectivity index is 3.45. The highest BCUT2D eigenvalue weighted by molar-refractivity contribution is 5.78. The van der Waals surface area contributed by atoms with Crippen molar-refractivity contribution < 1.29 is 14.6 Å². The minimum atomic E-state index is -0.494. The molecule has 0 heterocycles. The van der Waals surface area contributed by atoms with Crippen molar-refractivity contribution in [3.05, 3.63) is 0 Å². The van der Waals surface area contributed by atoms with Gasteiger partial charge < -0.3 is 9.84 Å². The zero-order valence-corrected chi connectivity index (χ0v) is 9.45. The summed E-state index contributed by atoms with van der Waals surface area (Å²) in [6.45, 7) is 6.88. The molecule has 0 aromatic carbocycles. The quantitative estimate of drug-likeness (QED) is 0.652. The first-order valence-electron chi connectivity index (χ1n) is 5.33. The van der Waals surface area contributed by atoms with Crippen LogP contribution in [-0.2, 0) is 9.53 Å². The van der Waals surface area contributed by atoms with Gasteiger partial charge in [0, 0.05) is 19.4 Å². The summed E-state index contributed by atoms with van der Waals surface area (Å²) in [5, 5.41) is 9.39. The third-order valence-electron chi connectivity index (χ3n) is 1.91. The summed E-state index contributed by atoms with van der Waals surface area (Å²) in [4.78, 5) is 11.3. The number of carbonyl (C=O) groups is 1. The Hall–Kier alpha value is -0.410. The predicted octanol–water partition coefficient (Wildman–Crippen LogP) is 1.78. The van der Waals surface area contributed by atoms with Gasteiger partial charge in [-0.1, -0.05) is 13.8 Å². The fourth-order valence-electron chi connectivity index (χ4n) is 1.22. The van der Waals surface area contributed by atoms with E-state index in [1.165, 1.54) is 0 Å². The number of hydrogen-bond acceptors (Lipinski definition) is 3. The molecule has 0 aromatic rings. The largest absolute Gasteiger partial charge is 0.391 e. The van der Waals surface area contributed by atoms with Crippen LogP contribution in [-0.4, -0.2) is 30.2 Å². The Morgan fingerprint density at radius 2 is 2.07 bits per heavy atom. The lowest BCUT2D eigenvalue weighted by molar-refractivity contribution is -0.120. The van der Waals surface area contributed by atoms with Crippen LogP contribution in [0, 0.1) is 5.92 Å². The standard InChI is InChI=1S/C11H22O3/c1-4-14-8-11(13)6-5-10(12)7-9(2)3/h9,11,13H,4-8H2,1-3H3. The summed E-state index contributed by atoms with van der Waals surface area (Å²) in [6.07, 6.45) is 1.10. The summed E-state index contributed by atoms with van der Waals surface area (Å²) in [5.74, 6) is 0.641. The van der Waals surface area contributed by atoms with Crippen LogP contribution in [0.25, 0.3) is 0 Å². The van der Waals surface area contributed by atoms with E-state index in [4.69, 9.17) is 4.74 Å². The van der Waals surface area contributed by atoms with Gasteiger partial charge in [0.1, 0.15) is 5.78 Å². The molecule has 0 radical (unpaired) electrons. The number of carbonyl (C=O) groups excluding carboxylic acids is 1. The first-order valence-corrected chi connectivity index (χ1v) is 5.33. The molecule has 0 aliphatic carbocycles. The van der Waals surface area contributed by atoms with E-state index in [1.807, 2.05) is 20.8 Å². The molecule has 0 saturated carbocycles. The second-order valence-corrected chi connectivity index (χ2v) is 3.99. The predicted molar refractivity (Wildman–Crippen MR) is 56.2 cm³/mol. The van der Waals surface area contributed by atoms with E-state index >= 15 is 0 Å². The van der Waals surface area contributed by atoms with Crippen molar-refractivity contribution in [2.75, 3.05) is 13.2 Å². The summed E-state index contributed by atoms with van der Waals surface area (Å²) in [7, 11) is 0. The monoisotopic (exact) mass is 202 g/mol. The zero-order valence-electron chi connectivity index (χ0n) is 9.45. The molecule has 0 aliphatic heterocycles. The lowest BCUT2D eigenvalue weighted by atomic mass is 10.0. The molecule has 14 heavy (non-hydrogen) atoms. The molecule has 0 fully saturated rings. The van der Waals surface area contributed by atoms with Crippen LogP contribution in [0.3, 0.4) is 0 Å². The average molecular weight is 202 g/mol. The maximum absolute atomic E-state index is 11.3. The third kappa shape index (κ3) is 8.20. The SMILES string of the molecule is CCOCC(O)CCC(=O)CC(C)C. The molecule has 0 aliphatic rings. The number of Topliss-reactive ketones (excluding diaryl/α,β-unsaturated/α-hetero) is 1. The molecule has 0 aromatic heterocycles. The van der Waals surface area contributed by atoms with Gasteiger partial charge in [-0.25, -0.2) is 0 Å². The summed E-state index contributed by atoms with van der Waals surface area (Å²) < 4.78 is 5.05. The molecule has 1 atom stereocenters. The van der Waals surface area contributed by atoms with Crippen molar-refractivity contribution in [3.8, 4) is 0 Å². The summed E-state index contributed by atoms with van der Waals surface area (Å²) in [5.41, 5.74) is 0. The maximum Gasteiger partial charge on any atom is 0.133 e. The first-order chi connectivity index (χ1) is 6.56. The molecule has 3 nitrogen and oxygen atoms in total. The Labute approximate surface area is 86.5 Å². The highest BCUT2D eigenvalue weighted by Crippen LogP contribution is 2.06. The van der Waals surface area contributed by atoms with Gasteiger partial charge in [-0.3, -0.25) is 4.79 Å². The minimum absolute atomic E-state index is 0.232. The first kappa shape index (κ1) is 13.6. The molecule has 1 unspecified atom stereocenters. The van der Waals surface area contributed by atoms with Gasteiger partial charge in [-0.2, -0.15) is 0 Å². The van der Waals surface area contributed by atoms with Crippen molar-refractivity contribution in [2.45, 2.75) is 46.1 Å². The molecule has 0 saturated heterocycles. The topological polar surface area (TPSA) is 46.5 Å². The van der Waals surface area contributed by atoms with Crippen molar-refractivity contribution >= 4 is 5.78 Å². The van der Waals surface area contributed by atoms with E-state index < -0.39 is 6.10 Å². The van der Waals surface area contributed by atoms with Crippen LogP contribution in [0.15, 0.2) is 0 Å². The van der Waals surface area contributed by atoms with Crippen molar-refractivity contribution in [1.29, 1.82) is 0 Å². The maximum atomic E-state index is 11.3.